The molecule has 104 valence electrons. The number of guanidine groups is 1. The Labute approximate surface area is 114 Å². The van der Waals surface area contributed by atoms with Gasteiger partial charge in [-0.1, -0.05) is 12.8 Å². The van der Waals surface area contributed by atoms with Gasteiger partial charge >= 0.3 is 0 Å². The lowest BCUT2D eigenvalue weighted by Gasteiger charge is -2.22. The number of hydrogen-bond donors (Lipinski definition) is 1. The third kappa shape index (κ3) is 2.77. The minimum Gasteiger partial charge on any atom is -0.472 e. The molecule has 3 rings (SSSR count). The van der Waals surface area contributed by atoms with Crippen LogP contribution in [-0.2, 0) is 6.54 Å². The molecule has 1 saturated heterocycles. The van der Waals surface area contributed by atoms with E-state index in [4.69, 9.17) is 4.42 Å². The molecule has 19 heavy (non-hydrogen) atoms. The highest BCUT2D eigenvalue weighted by Crippen LogP contribution is 2.35. The summed E-state index contributed by atoms with van der Waals surface area (Å²) in [6, 6.07) is 1.99. The number of nitrogens with one attached hydrogen (secondary N) is 1. The van der Waals surface area contributed by atoms with E-state index in [1.54, 1.807) is 12.5 Å². The molecule has 2 unspecified atom stereocenters. The lowest BCUT2D eigenvalue weighted by atomic mass is 9.82. The van der Waals surface area contributed by atoms with Crippen LogP contribution in [0.3, 0.4) is 0 Å². The van der Waals surface area contributed by atoms with E-state index in [9.17, 15) is 0 Å². The highest BCUT2D eigenvalue weighted by atomic mass is 16.3. The maximum absolute atomic E-state index is 5.09. The van der Waals surface area contributed by atoms with E-state index in [-0.39, 0.29) is 0 Å². The zero-order valence-corrected chi connectivity index (χ0v) is 11.6. The molecule has 0 radical (unpaired) electrons. The van der Waals surface area contributed by atoms with Crippen molar-refractivity contribution in [3.8, 4) is 0 Å². The number of nitrogens with zero attached hydrogens (tertiary/aromatic N) is 2. The van der Waals surface area contributed by atoms with Gasteiger partial charge < -0.3 is 14.6 Å². The number of furan rings is 1. The van der Waals surface area contributed by atoms with Crippen LogP contribution in [0.2, 0.25) is 0 Å². The van der Waals surface area contributed by atoms with Crippen LogP contribution in [0.1, 0.15) is 31.2 Å². The van der Waals surface area contributed by atoms with Crippen molar-refractivity contribution >= 4 is 5.96 Å². The van der Waals surface area contributed by atoms with Gasteiger partial charge in [-0.3, -0.25) is 4.99 Å². The Hall–Kier alpha value is -1.45. The van der Waals surface area contributed by atoms with Gasteiger partial charge in [0.05, 0.1) is 12.5 Å². The highest BCUT2D eigenvalue weighted by molar-refractivity contribution is 5.80. The van der Waals surface area contributed by atoms with Gasteiger partial charge in [-0.25, -0.2) is 0 Å². The first kappa shape index (κ1) is 12.6. The highest BCUT2D eigenvalue weighted by Gasteiger charge is 2.35. The van der Waals surface area contributed by atoms with Crippen LogP contribution < -0.4 is 5.32 Å². The summed E-state index contributed by atoms with van der Waals surface area (Å²) in [5, 5.41) is 3.44. The maximum atomic E-state index is 5.09. The molecule has 2 aliphatic rings. The molecule has 0 aromatic carbocycles. The van der Waals surface area contributed by atoms with Gasteiger partial charge in [-0.05, 0) is 30.7 Å². The largest absolute Gasteiger partial charge is 0.472 e. The van der Waals surface area contributed by atoms with Gasteiger partial charge in [0.2, 0.25) is 0 Å². The number of fused-ring (bicyclic) bond motifs is 1. The number of hydrogen-bond acceptors (Lipinski definition) is 2. The van der Waals surface area contributed by atoms with Crippen molar-refractivity contribution in [2.24, 2.45) is 16.8 Å². The molecule has 2 heterocycles. The first-order valence-electron chi connectivity index (χ1n) is 7.33. The first-order chi connectivity index (χ1) is 9.36. The predicted octanol–water partition coefficient (Wildman–Crippen LogP) is 2.48. The van der Waals surface area contributed by atoms with E-state index in [0.29, 0.717) is 0 Å². The monoisotopic (exact) mass is 261 g/mol. The fourth-order valence-electron chi connectivity index (χ4n) is 3.49. The lowest BCUT2D eigenvalue weighted by molar-refractivity contribution is 0.299. The quantitative estimate of drug-likeness (QED) is 0.657. The SMILES string of the molecule is CN=C(NCc1ccoc1)N1CC2CCCCC2C1. The summed E-state index contributed by atoms with van der Waals surface area (Å²) in [4.78, 5) is 6.86. The molecule has 1 aliphatic heterocycles. The second-order valence-corrected chi connectivity index (χ2v) is 5.74. The van der Waals surface area contributed by atoms with Crippen molar-refractivity contribution in [1.82, 2.24) is 10.2 Å². The van der Waals surface area contributed by atoms with Gasteiger partial charge in [0.15, 0.2) is 5.96 Å². The summed E-state index contributed by atoms with van der Waals surface area (Å²) in [5.41, 5.74) is 1.16. The minimum atomic E-state index is 0.787. The maximum Gasteiger partial charge on any atom is 0.193 e. The summed E-state index contributed by atoms with van der Waals surface area (Å²) in [7, 11) is 1.87. The van der Waals surface area contributed by atoms with Crippen LogP contribution in [0.25, 0.3) is 0 Å². The van der Waals surface area contributed by atoms with E-state index in [1.165, 1.54) is 38.8 Å². The van der Waals surface area contributed by atoms with Crippen molar-refractivity contribution in [3.05, 3.63) is 24.2 Å². The Morgan fingerprint density at radius 1 is 1.37 bits per heavy atom. The lowest BCUT2D eigenvalue weighted by Crippen LogP contribution is -2.39. The molecular formula is C15H23N3O. The van der Waals surface area contributed by atoms with Crippen molar-refractivity contribution < 1.29 is 4.42 Å². The molecule has 1 aliphatic carbocycles. The average Bonchev–Trinajstić information content (AvgIpc) is 3.08. The van der Waals surface area contributed by atoms with E-state index in [1.807, 2.05) is 13.1 Å². The normalized spacial score (nSPS) is 27.4. The van der Waals surface area contributed by atoms with Crippen molar-refractivity contribution in [2.75, 3.05) is 20.1 Å². The molecule has 4 nitrogen and oxygen atoms in total. The van der Waals surface area contributed by atoms with E-state index < -0.39 is 0 Å². The van der Waals surface area contributed by atoms with E-state index >= 15 is 0 Å². The van der Waals surface area contributed by atoms with Crippen LogP contribution in [0.5, 0.6) is 0 Å². The fourth-order valence-corrected chi connectivity index (χ4v) is 3.49. The predicted molar refractivity (Wildman–Crippen MR) is 75.9 cm³/mol. The third-order valence-electron chi connectivity index (χ3n) is 4.52. The zero-order chi connectivity index (χ0) is 13.1. The van der Waals surface area contributed by atoms with Gasteiger partial charge in [0, 0.05) is 32.2 Å². The Kier molecular flexibility index (Phi) is 3.76. The molecule has 2 atom stereocenters. The van der Waals surface area contributed by atoms with Gasteiger partial charge in [0.1, 0.15) is 0 Å². The summed E-state index contributed by atoms with van der Waals surface area (Å²) < 4.78 is 5.09. The van der Waals surface area contributed by atoms with Gasteiger partial charge in [-0.2, -0.15) is 0 Å². The Morgan fingerprint density at radius 3 is 2.68 bits per heavy atom. The number of rotatable bonds is 2. The molecule has 4 heteroatoms. The van der Waals surface area contributed by atoms with Crippen LogP contribution in [0.4, 0.5) is 0 Å². The molecule has 1 aromatic rings. The molecular weight excluding hydrogens is 238 g/mol. The van der Waals surface area contributed by atoms with Crippen LogP contribution in [0.15, 0.2) is 28.0 Å². The summed E-state index contributed by atoms with van der Waals surface area (Å²) in [6.45, 7) is 3.14. The molecule has 0 spiro atoms. The van der Waals surface area contributed by atoms with Crippen LogP contribution in [-0.4, -0.2) is 31.0 Å². The molecule has 1 N–H and O–H groups in total. The molecule has 1 saturated carbocycles. The topological polar surface area (TPSA) is 40.8 Å². The van der Waals surface area contributed by atoms with E-state index in [2.05, 4.69) is 15.2 Å². The van der Waals surface area contributed by atoms with Gasteiger partial charge in [-0.15, -0.1) is 0 Å². The smallest absolute Gasteiger partial charge is 0.193 e. The average molecular weight is 261 g/mol. The number of likely N-dealkylation sites (tertiary alicyclic amines) is 1. The molecule has 1 aromatic heterocycles. The third-order valence-corrected chi connectivity index (χ3v) is 4.52. The van der Waals surface area contributed by atoms with Crippen molar-refractivity contribution in [3.63, 3.8) is 0 Å². The summed E-state index contributed by atoms with van der Waals surface area (Å²) in [5.74, 6) is 2.82. The second-order valence-electron chi connectivity index (χ2n) is 5.74. The summed E-state index contributed by atoms with van der Waals surface area (Å²) in [6.07, 6.45) is 9.13. The zero-order valence-electron chi connectivity index (χ0n) is 11.6. The minimum absolute atomic E-state index is 0.787. The fraction of sp³-hybridized carbons (Fsp3) is 0.667. The van der Waals surface area contributed by atoms with E-state index in [0.717, 1.165) is 29.9 Å². The Balaban J connectivity index is 1.57. The Bertz CT molecular complexity index is 413. The first-order valence-corrected chi connectivity index (χ1v) is 7.33. The van der Waals surface area contributed by atoms with Crippen LogP contribution >= 0.6 is 0 Å². The standard InChI is InChI=1S/C15H23N3O/c1-16-15(17-8-12-6-7-19-11-12)18-9-13-4-2-3-5-14(13)10-18/h6-7,11,13-14H,2-5,8-10H2,1H3,(H,16,17). The molecule has 0 amide bonds. The summed E-state index contributed by atoms with van der Waals surface area (Å²) >= 11 is 0. The second kappa shape index (κ2) is 5.68. The molecule has 0 bridgehead atoms. The van der Waals surface area contributed by atoms with Crippen LogP contribution in [0, 0.1) is 11.8 Å². The van der Waals surface area contributed by atoms with Gasteiger partial charge in [0.25, 0.3) is 0 Å². The van der Waals surface area contributed by atoms with Crippen molar-refractivity contribution in [1.29, 1.82) is 0 Å². The Morgan fingerprint density at radius 2 is 2.11 bits per heavy atom. The number of aliphatic imine (C=N–C) groups is 1. The molecule has 2 fully saturated rings. The van der Waals surface area contributed by atoms with Crippen molar-refractivity contribution in [2.45, 2.75) is 32.2 Å².